The van der Waals surface area contributed by atoms with Crippen molar-refractivity contribution >= 4 is 17.8 Å². The molecule has 9 nitrogen and oxygen atoms in total. The second kappa shape index (κ2) is 7.70. The Bertz CT molecular complexity index is 1040. The molecule has 1 aliphatic carbocycles. The summed E-state index contributed by atoms with van der Waals surface area (Å²) in [5, 5.41) is 18.9. The molecule has 0 saturated heterocycles. The summed E-state index contributed by atoms with van der Waals surface area (Å²) in [7, 11) is 1.49. The third-order valence-corrected chi connectivity index (χ3v) is 4.85. The van der Waals surface area contributed by atoms with Crippen molar-refractivity contribution in [2.45, 2.75) is 25.4 Å². The van der Waals surface area contributed by atoms with Crippen LogP contribution in [0.5, 0.6) is 0 Å². The Balaban J connectivity index is 1.53. The molecule has 0 unspecified atom stereocenters. The predicted molar refractivity (Wildman–Crippen MR) is 106 cm³/mol. The maximum absolute atomic E-state index is 12.1. The summed E-state index contributed by atoms with van der Waals surface area (Å²) in [6, 6.07) is 8.59. The van der Waals surface area contributed by atoms with E-state index in [4.69, 9.17) is 5.11 Å². The van der Waals surface area contributed by atoms with Gasteiger partial charge in [-0.2, -0.15) is 5.10 Å². The number of carbonyl (C=O) groups is 2. The average molecular weight is 392 g/mol. The molecule has 0 spiro atoms. The van der Waals surface area contributed by atoms with E-state index in [-0.39, 0.29) is 18.3 Å². The van der Waals surface area contributed by atoms with E-state index in [0.717, 1.165) is 12.8 Å². The molecule has 3 aromatic rings. The highest BCUT2D eigenvalue weighted by Gasteiger charge is 2.22. The van der Waals surface area contributed by atoms with E-state index in [1.807, 2.05) is 12.1 Å². The SMILES string of the molecule is CNC(=O)c1nn(CC(=O)O)cc1-c1cnc(NC2Cc3ccccc3C2)nc1. The molecule has 0 atom stereocenters. The maximum atomic E-state index is 12.1. The first-order valence-electron chi connectivity index (χ1n) is 9.20. The van der Waals surface area contributed by atoms with Crippen LogP contribution >= 0.6 is 0 Å². The minimum absolute atomic E-state index is 0.129. The van der Waals surface area contributed by atoms with Crippen molar-refractivity contribution in [3.63, 3.8) is 0 Å². The second-order valence-electron chi connectivity index (χ2n) is 6.88. The van der Waals surface area contributed by atoms with E-state index in [1.165, 1.54) is 29.1 Å². The van der Waals surface area contributed by atoms with Gasteiger partial charge in [0.05, 0.1) is 0 Å². The average Bonchev–Trinajstić information content (AvgIpc) is 3.31. The van der Waals surface area contributed by atoms with Gasteiger partial charge in [-0.15, -0.1) is 0 Å². The van der Waals surface area contributed by atoms with E-state index >= 15 is 0 Å². The fourth-order valence-electron chi connectivity index (χ4n) is 3.52. The number of anilines is 1. The number of amides is 1. The first-order valence-corrected chi connectivity index (χ1v) is 9.20. The van der Waals surface area contributed by atoms with Crippen LogP contribution in [0.4, 0.5) is 5.95 Å². The third kappa shape index (κ3) is 3.93. The van der Waals surface area contributed by atoms with Crippen LogP contribution < -0.4 is 10.6 Å². The lowest BCUT2D eigenvalue weighted by Crippen LogP contribution is -2.21. The van der Waals surface area contributed by atoms with Gasteiger partial charge in [-0.05, 0) is 24.0 Å². The number of nitrogens with one attached hydrogen (secondary N) is 2. The lowest BCUT2D eigenvalue weighted by Gasteiger charge is -2.11. The summed E-state index contributed by atoms with van der Waals surface area (Å²) in [6.45, 7) is -0.341. The number of rotatable bonds is 6. The summed E-state index contributed by atoms with van der Waals surface area (Å²) < 4.78 is 1.21. The van der Waals surface area contributed by atoms with Gasteiger partial charge < -0.3 is 15.7 Å². The van der Waals surface area contributed by atoms with Gasteiger partial charge in [0.1, 0.15) is 6.54 Å². The lowest BCUT2D eigenvalue weighted by molar-refractivity contribution is -0.137. The van der Waals surface area contributed by atoms with Crippen LogP contribution in [0, 0.1) is 0 Å². The van der Waals surface area contributed by atoms with Crippen LogP contribution in [0.15, 0.2) is 42.9 Å². The van der Waals surface area contributed by atoms with Gasteiger partial charge in [0, 0.05) is 42.8 Å². The van der Waals surface area contributed by atoms with Crippen LogP contribution in [0.3, 0.4) is 0 Å². The number of hydrogen-bond donors (Lipinski definition) is 3. The van der Waals surface area contributed by atoms with Crippen molar-refractivity contribution < 1.29 is 14.7 Å². The number of aliphatic carboxylic acids is 1. The molecule has 1 amide bonds. The Hall–Kier alpha value is -3.75. The van der Waals surface area contributed by atoms with Gasteiger partial charge in [-0.25, -0.2) is 9.97 Å². The van der Waals surface area contributed by atoms with E-state index in [0.29, 0.717) is 17.1 Å². The molecule has 1 aromatic carbocycles. The number of hydrogen-bond acceptors (Lipinski definition) is 6. The molecule has 1 aliphatic rings. The van der Waals surface area contributed by atoms with Crippen molar-refractivity contribution in [2.75, 3.05) is 12.4 Å². The zero-order valence-corrected chi connectivity index (χ0v) is 15.8. The first-order chi connectivity index (χ1) is 14.0. The van der Waals surface area contributed by atoms with E-state index < -0.39 is 11.9 Å². The Kier molecular flexibility index (Phi) is 4.94. The summed E-state index contributed by atoms with van der Waals surface area (Å²) >= 11 is 0. The van der Waals surface area contributed by atoms with Crippen LogP contribution in [0.2, 0.25) is 0 Å². The minimum atomic E-state index is -1.05. The summed E-state index contributed by atoms with van der Waals surface area (Å²) in [5.41, 5.74) is 3.86. The largest absolute Gasteiger partial charge is 0.480 e. The number of fused-ring (bicyclic) bond motifs is 1. The zero-order chi connectivity index (χ0) is 20.4. The van der Waals surface area contributed by atoms with Crippen molar-refractivity contribution in [1.29, 1.82) is 0 Å². The van der Waals surface area contributed by atoms with E-state index in [1.54, 1.807) is 12.4 Å². The molecule has 4 rings (SSSR count). The predicted octanol–water partition coefficient (Wildman–Crippen LogP) is 1.36. The van der Waals surface area contributed by atoms with E-state index in [2.05, 4.69) is 37.8 Å². The lowest BCUT2D eigenvalue weighted by atomic mass is 10.1. The molecule has 0 aliphatic heterocycles. The summed E-state index contributed by atoms with van der Waals surface area (Å²) in [6.07, 6.45) is 6.56. The number of benzene rings is 1. The maximum Gasteiger partial charge on any atom is 0.325 e. The van der Waals surface area contributed by atoms with Gasteiger partial charge in [-0.3, -0.25) is 14.3 Å². The molecule has 148 valence electrons. The van der Waals surface area contributed by atoms with E-state index in [9.17, 15) is 9.59 Å². The monoisotopic (exact) mass is 392 g/mol. The molecule has 0 fully saturated rings. The highest BCUT2D eigenvalue weighted by Crippen LogP contribution is 2.25. The summed E-state index contributed by atoms with van der Waals surface area (Å²) in [4.78, 5) is 31.8. The minimum Gasteiger partial charge on any atom is -0.480 e. The Labute approximate surface area is 166 Å². The molecule has 2 aromatic heterocycles. The number of carboxylic acids is 1. The topological polar surface area (TPSA) is 122 Å². The van der Waals surface area contributed by atoms with Gasteiger partial charge >= 0.3 is 5.97 Å². The van der Waals surface area contributed by atoms with Crippen LogP contribution in [0.1, 0.15) is 21.6 Å². The molecule has 2 heterocycles. The molecule has 0 saturated carbocycles. The number of aromatic nitrogens is 4. The normalized spacial score (nSPS) is 13.1. The Morgan fingerprint density at radius 2 is 1.83 bits per heavy atom. The molecule has 3 N–H and O–H groups in total. The Morgan fingerprint density at radius 1 is 1.17 bits per heavy atom. The van der Waals surface area contributed by atoms with Crippen molar-refractivity contribution in [3.05, 3.63) is 59.7 Å². The van der Waals surface area contributed by atoms with Gasteiger partial charge in [0.15, 0.2) is 5.69 Å². The van der Waals surface area contributed by atoms with Crippen LogP contribution in [0.25, 0.3) is 11.1 Å². The highest BCUT2D eigenvalue weighted by molar-refractivity contribution is 5.98. The summed E-state index contributed by atoms with van der Waals surface area (Å²) in [5.74, 6) is -0.947. The molecular formula is C20H20N6O3. The number of carboxylic acid groups (broad SMARTS) is 1. The highest BCUT2D eigenvalue weighted by atomic mass is 16.4. The molecule has 29 heavy (non-hydrogen) atoms. The van der Waals surface area contributed by atoms with Crippen LogP contribution in [-0.2, 0) is 24.2 Å². The molecule has 9 heteroatoms. The van der Waals surface area contributed by atoms with Crippen LogP contribution in [-0.4, -0.2) is 49.8 Å². The Morgan fingerprint density at radius 3 is 2.41 bits per heavy atom. The van der Waals surface area contributed by atoms with Gasteiger partial charge in [0.25, 0.3) is 5.91 Å². The smallest absolute Gasteiger partial charge is 0.325 e. The number of nitrogens with zero attached hydrogens (tertiary/aromatic N) is 4. The zero-order valence-electron chi connectivity index (χ0n) is 15.8. The molecular weight excluding hydrogens is 372 g/mol. The fraction of sp³-hybridized carbons (Fsp3) is 0.250. The van der Waals surface area contributed by atoms with Crippen molar-refractivity contribution in [2.24, 2.45) is 0 Å². The third-order valence-electron chi connectivity index (χ3n) is 4.85. The molecule has 0 bridgehead atoms. The second-order valence-corrected chi connectivity index (χ2v) is 6.88. The quantitative estimate of drug-likeness (QED) is 0.579. The fourth-order valence-corrected chi connectivity index (χ4v) is 3.52. The number of carbonyl (C=O) groups excluding carboxylic acids is 1. The van der Waals surface area contributed by atoms with Crippen molar-refractivity contribution in [3.8, 4) is 11.1 Å². The van der Waals surface area contributed by atoms with Crippen molar-refractivity contribution in [1.82, 2.24) is 25.1 Å². The standard InChI is InChI=1S/C20H20N6O3/c1-21-19(29)18-16(10-26(25-18)11-17(27)28)14-8-22-20(23-9-14)24-15-6-12-4-2-3-5-13(12)7-15/h2-5,8-10,15H,6-7,11H2,1H3,(H,21,29)(H,27,28)(H,22,23,24). The van der Waals surface area contributed by atoms with Gasteiger partial charge in [0.2, 0.25) is 5.95 Å². The molecule has 0 radical (unpaired) electrons. The van der Waals surface area contributed by atoms with Gasteiger partial charge in [-0.1, -0.05) is 24.3 Å². The first kappa shape index (κ1) is 18.6.